The van der Waals surface area contributed by atoms with Crippen molar-refractivity contribution >= 4 is 43.2 Å². The van der Waals surface area contributed by atoms with Crippen molar-refractivity contribution in [3.8, 4) is 0 Å². The summed E-state index contributed by atoms with van der Waals surface area (Å²) in [7, 11) is 0. The predicted molar refractivity (Wildman–Crippen MR) is 81.6 cm³/mol. The van der Waals surface area contributed by atoms with Crippen LogP contribution < -0.4 is 5.73 Å². The van der Waals surface area contributed by atoms with E-state index in [4.69, 9.17) is 5.73 Å². The van der Waals surface area contributed by atoms with Crippen LogP contribution in [0.25, 0.3) is 0 Å². The number of hydrogen-bond acceptors (Lipinski definition) is 2. The molecule has 1 heterocycles. The molecule has 2 rings (SSSR count). The van der Waals surface area contributed by atoms with Crippen LogP contribution in [0.5, 0.6) is 0 Å². The normalized spacial score (nSPS) is 12.7. The Hall–Kier alpha value is -0.160. The predicted octanol–water partition coefficient (Wildman–Crippen LogP) is 4.88. The summed E-state index contributed by atoms with van der Waals surface area (Å²) in [4.78, 5) is 2.59. The third-order valence-corrected chi connectivity index (χ3v) is 5.16. The van der Waals surface area contributed by atoms with Crippen LogP contribution in [0.4, 0.5) is 0 Å². The molecule has 0 aliphatic carbocycles. The Morgan fingerprint density at radius 3 is 2.65 bits per heavy atom. The molecule has 0 aliphatic heterocycles. The Labute approximate surface area is 122 Å². The Morgan fingerprint density at radius 1 is 1.24 bits per heavy atom. The van der Waals surface area contributed by atoms with Crippen LogP contribution in [-0.4, -0.2) is 0 Å². The molecule has 0 amide bonds. The molecule has 4 heteroatoms. The van der Waals surface area contributed by atoms with E-state index in [1.807, 2.05) is 12.1 Å². The topological polar surface area (TPSA) is 26.0 Å². The fourth-order valence-corrected chi connectivity index (χ4v) is 3.50. The summed E-state index contributed by atoms with van der Waals surface area (Å²) in [6.07, 6.45) is 1.07. The van der Waals surface area contributed by atoms with E-state index in [1.165, 1.54) is 9.75 Å². The summed E-state index contributed by atoms with van der Waals surface area (Å²) in [5, 5.41) is 0. The highest BCUT2D eigenvalue weighted by atomic mass is 79.9. The zero-order valence-electron chi connectivity index (χ0n) is 9.41. The first-order valence-corrected chi connectivity index (χ1v) is 7.81. The van der Waals surface area contributed by atoms with Crippen molar-refractivity contribution in [2.75, 3.05) is 0 Å². The third kappa shape index (κ3) is 2.99. The monoisotopic (exact) mass is 373 g/mol. The zero-order chi connectivity index (χ0) is 12.4. The summed E-state index contributed by atoms with van der Waals surface area (Å²) in [5.41, 5.74) is 7.43. The van der Waals surface area contributed by atoms with Gasteiger partial charge in [-0.1, -0.05) is 38.8 Å². The number of rotatable bonds is 3. The van der Waals surface area contributed by atoms with Crippen molar-refractivity contribution in [1.82, 2.24) is 0 Å². The summed E-state index contributed by atoms with van der Waals surface area (Å²) in [6.45, 7) is 2.16. The third-order valence-electron chi connectivity index (χ3n) is 2.63. The van der Waals surface area contributed by atoms with Crippen LogP contribution in [-0.2, 0) is 6.42 Å². The highest BCUT2D eigenvalue weighted by Gasteiger charge is 2.14. The molecule has 0 aliphatic rings. The minimum absolute atomic E-state index is 0.0628. The molecule has 1 atom stereocenters. The lowest BCUT2D eigenvalue weighted by atomic mass is 10.1. The minimum Gasteiger partial charge on any atom is -0.320 e. The molecule has 0 radical (unpaired) electrons. The van der Waals surface area contributed by atoms with E-state index >= 15 is 0 Å². The average molecular weight is 375 g/mol. The lowest BCUT2D eigenvalue weighted by Crippen LogP contribution is -2.10. The molecule has 17 heavy (non-hydrogen) atoms. The van der Waals surface area contributed by atoms with Gasteiger partial charge in [0.2, 0.25) is 0 Å². The molecular formula is C13H13Br2NS. The number of halogens is 2. The van der Waals surface area contributed by atoms with Gasteiger partial charge in [0, 0.05) is 18.7 Å². The summed E-state index contributed by atoms with van der Waals surface area (Å²) >= 11 is 8.83. The van der Waals surface area contributed by atoms with E-state index < -0.39 is 0 Å². The quantitative estimate of drug-likeness (QED) is 0.813. The number of aryl methyl sites for hydroxylation is 1. The second-order valence-electron chi connectivity index (χ2n) is 3.80. The van der Waals surface area contributed by atoms with Crippen LogP contribution in [0.2, 0.25) is 0 Å². The fraction of sp³-hybridized carbons (Fsp3) is 0.231. The van der Waals surface area contributed by atoms with Crippen molar-refractivity contribution in [3.05, 3.63) is 54.6 Å². The van der Waals surface area contributed by atoms with Crippen LogP contribution in [0.1, 0.15) is 28.3 Å². The maximum atomic E-state index is 6.31. The highest BCUT2D eigenvalue weighted by molar-refractivity contribution is 9.11. The molecule has 2 aromatic rings. The van der Waals surface area contributed by atoms with Gasteiger partial charge >= 0.3 is 0 Å². The maximum absolute atomic E-state index is 6.31. The van der Waals surface area contributed by atoms with Gasteiger partial charge in [0.15, 0.2) is 0 Å². The number of benzene rings is 1. The molecule has 1 nitrogen and oxygen atoms in total. The second kappa shape index (κ2) is 5.65. The van der Waals surface area contributed by atoms with Crippen molar-refractivity contribution in [3.63, 3.8) is 0 Å². The largest absolute Gasteiger partial charge is 0.320 e. The molecule has 0 spiro atoms. The van der Waals surface area contributed by atoms with E-state index in [9.17, 15) is 0 Å². The fourth-order valence-electron chi connectivity index (χ4n) is 1.66. The molecular weight excluding hydrogens is 362 g/mol. The van der Waals surface area contributed by atoms with Gasteiger partial charge in [-0.05, 0) is 42.3 Å². The molecule has 2 N–H and O–H groups in total. The first kappa shape index (κ1) is 13.3. The van der Waals surface area contributed by atoms with Gasteiger partial charge in [-0.3, -0.25) is 0 Å². The van der Waals surface area contributed by atoms with Gasteiger partial charge in [-0.2, -0.15) is 0 Å². The van der Waals surface area contributed by atoms with Crippen LogP contribution >= 0.6 is 43.2 Å². The van der Waals surface area contributed by atoms with Crippen molar-refractivity contribution in [2.24, 2.45) is 5.73 Å². The molecule has 1 aromatic carbocycles. The Balaban J connectivity index is 2.35. The van der Waals surface area contributed by atoms with Crippen LogP contribution in [0.3, 0.4) is 0 Å². The number of nitrogens with two attached hydrogens (primary N) is 1. The van der Waals surface area contributed by atoms with E-state index in [1.54, 1.807) is 11.3 Å². The van der Waals surface area contributed by atoms with Crippen LogP contribution in [0, 0.1) is 0 Å². The standard InChI is InChI=1S/C13H13Br2NS/c1-2-9-4-6-12(17-9)13(16)10-7-8(14)3-5-11(10)15/h3-7,13H,2,16H2,1H3. The summed E-state index contributed by atoms with van der Waals surface area (Å²) < 4.78 is 2.11. The van der Waals surface area contributed by atoms with E-state index in [0.717, 1.165) is 20.9 Å². The SMILES string of the molecule is CCc1ccc(C(N)c2cc(Br)ccc2Br)s1. The molecule has 90 valence electrons. The van der Waals surface area contributed by atoms with Crippen LogP contribution in [0.15, 0.2) is 39.3 Å². The van der Waals surface area contributed by atoms with Gasteiger partial charge in [0.25, 0.3) is 0 Å². The van der Waals surface area contributed by atoms with Gasteiger partial charge in [0.1, 0.15) is 0 Å². The zero-order valence-corrected chi connectivity index (χ0v) is 13.4. The smallest absolute Gasteiger partial charge is 0.0657 e. The Kier molecular flexibility index (Phi) is 4.42. The molecule has 0 fully saturated rings. The molecule has 1 aromatic heterocycles. The lowest BCUT2D eigenvalue weighted by molar-refractivity contribution is 0.886. The van der Waals surface area contributed by atoms with Gasteiger partial charge < -0.3 is 5.73 Å². The van der Waals surface area contributed by atoms with Gasteiger partial charge in [-0.15, -0.1) is 11.3 Å². The van der Waals surface area contributed by atoms with Crippen molar-refractivity contribution in [2.45, 2.75) is 19.4 Å². The molecule has 0 saturated carbocycles. The first-order valence-electron chi connectivity index (χ1n) is 5.41. The first-order chi connectivity index (χ1) is 8.11. The van der Waals surface area contributed by atoms with Crippen molar-refractivity contribution in [1.29, 1.82) is 0 Å². The van der Waals surface area contributed by atoms with Gasteiger partial charge in [-0.25, -0.2) is 0 Å². The summed E-state index contributed by atoms with van der Waals surface area (Å²) in [5.74, 6) is 0. The lowest BCUT2D eigenvalue weighted by Gasteiger charge is -2.12. The molecule has 0 saturated heterocycles. The highest BCUT2D eigenvalue weighted by Crippen LogP contribution is 2.32. The van der Waals surface area contributed by atoms with Crippen molar-refractivity contribution < 1.29 is 0 Å². The minimum atomic E-state index is -0.0628. The maximum Gasteiger partial charge on any atom is 0.0657 e. The van der Waals surface area contributed by atoms with E-state index in [0.29, 0.717) is 0 Å². The summed E-state index contributed by atoms with van der Waals surface area (Å²) in [6, 6.07) is 10.3. The van der Waals surface area contributed by atoms with Gasteiger partial charge in [0.05, 0.1) is 6.04 Å². The molecule has 1 unspecified atom stereocenters. The van der Waals surface area contributed by atoms with E-state index in [-0.39, 0.29) is 6.04 Å². The Morgan fingerprint density at radius 2 is 2.00 bits per heavy atom. The molecule has 0 bridgehead atoms. The Bertz CT molecular complexity index is 522. The number of hydrogen-bond donors (Lipinski definition) is 1. The van der Waals surface area contributed by atoms with E-state index in [2.05, 4.69) is 57.0 Å². The second-order valence-corrected chi connectivity index (χ2v) is 6.77. The number of thiophene rings is 1. The average Bonchev–Trinajstić information content (AvgIpc) is 2.80.